The van der Waals surface area contributed by atoms with Gasteiger partial charge in [0.25, 0.3) is 0 Å². The normalized spacial score (nSPS) is 10.6. The number of rotatable bonds is 8. The van der Waals surface area contributed by atoms with E-state index >= 15 is 0 Å². The largest absolute Gasteiger partial charge is 0.326 e. The summed E-state index contributed by atoms with van der Waals surface area (Å²) < 4.78 is 0. The van der Waals surface area contributed by atoms with E-state index in [0.29, 0.717) is 33.0 Å². The molecule has 1 aromatic heterocycles. The summed E-state index contributed by atoms with van der Waals surface area (Å²) >= 11 is 14.8. The molecular weight excluding hydrogens is 509 g/mol. The van der Waals surface area contributed by atoms with Crippen LogP contribution < -0.4 is 10.6 Å². The molecule has 0 aliphatic rings. The van der Waals surface area contributed by atoms with Crippen LogP contribution in [-0.2, 0) is 16.0 Å². The number of carbonyl (C=O) groups excluding carboxylic acids is 2. The van der Waals surface area contributed by atoms with E-state index < -0.39 is 0 Å². The van der Waals surface area contributed by atoms with Crippen molar-refractivity contribution in [3.05, 3.63) is 93.8 Å². The Hall–Kier alpha value is -2.84. The Labute approximate surface area is 215 Å². The standard InChI is InChI=1S/C25H19Cl2N3O2S2/c26-20-10-9-17(12-21(20)27)22-14-34-25(29-22)30-24(32)15-33-19-8-4-7-18(13-19)28-23(31)11-16-5-2-1-3-6-16/h1-10,12-14H,11,15H2,(H,28,31)(H,29,30,32). The summed E-state index contributed by atoms with van der Waals surface area (Å²) in [7, 11) is 0. The number of halogens is 2. The average molecular weight is 528 g/mol. The van der Waals surface area contributed by atoms with E-state index in [0.717, 1.165) is 16.0 Å². The van der Waals surface area contributed by atoms with E-state index in [1.165, 1.54) is 23.1 Å². The zero-order chi connectivity index (χ0) is 23.9. The molecule has 0 atom stereocenters. The van der Waals surface area contributed by atoms with Gasteiger partial charge >= 0.3 is 0 Å². The van der Waals surface area contributed by atoms with Gasteiger partial charge in [0.1, 0.15) is 0 Å². The van der Waals surface area contributed by atoms with Crippen molar-refractivity contribution in [3.8, 4) is 11.3 Å². The van der Waals surface area contributed by atoms with Crippen LogP contribution in [0.2, 0.25) is 10.0 Å². The molecule has 1 heterocycles. The average Bonchev–Trinajstić information content (AvgIpc) is 3.29. The van der Waals surface area contributed by atoms with Crippen LogP contribution in [0.5, 0.6) is 0 Å². The summed E-state index contributed by atoms with van der Waals surface area (Å²) in [5.41, 5.74) is 3.18. The van der Waals surface area contributed by atoms with E-state index in [2.05, 4.69) is 15.6 Å². The lowest BCUT2D eigenvalue weighted by molar-refractivity contribution is -0.115. The van der Waals surface area contributed by atoms with E-state index in [-0.39, 0.29) is 17.6 Å². The maximum absolute atomic E-state index is 12.4. The molecule has 0 aliphatic heterocycles. The van der Waals surface area contributed by atoms with Crippen LogP contribution in [0.25, 0.3) is 11.3 Å². The number of amides is 2. The first-order valence-corrected chi connectivity index (χ1v) is 12.9. The fraction of sp³-hybridized carbons (Fsp3) is 0.0800. The Morgan fingerprint density at radius 2 is 1.71 bits per heavy atom. The molecule has 34 heavy (non-hydrogen) atoms. The molecule has 0 unspecified atom stereocenters. The molecule has 0 radical (unpaired) electrons. The Morgan fingerprint density at radius 1 is 0.882 bits per heavy atom. The van der Waals surface area contributed by atoms with Crippen molar-refractivity contribution in [1.29, 1.82) is 0 Å². The van der Waals surface area contributed by atoms with E-state index in [9.17, 15) is 9.59 Å². The molecule has 172 valence electrons. The molecule has 0 aliphatic carbocycles. The number of hydrogen-bond acceptors (Lipinski definition) is 5. The molecule has 9 heteroatoms. The van der Waals surface area contributed by atoms with Crippen molar-refractivity contribution in [2.75, 3.05) is 16.4 Å². The molecule has 5 nitrogen and oxygen atoms in total. The highest BCUT2D eigenvalue weighted by atomic mass is 35.5. The summed E-state index contributed by atoms with van der Waals surface area (Å²) in [4.78, 5) is 30.1. The van der Waals surface area contributed by atoms with Crippen molar-refractivity contribution in [3.63, 3.8) is 0 Å². The van der Waals surface area contributed by atoms with E-state index in [1.54, 1.807) is 12.1 Å². The minimum Gasteiger partial charge on any atom is -0.326 e. The van der Waals surface area contributed by atoms with Crippen LogP contribution in [0.15, 0.2) is 83.1 Å². The number of thiazole rings is 1. The van der Waals surface area contributed by atoms with Crippen molar-refractivity contribution < 1.29 is 9.59 Å². The van der Waals surface area contributed by atoms with Gasteiger partial charge in [0.15, 0.2) is 5.13 Å². The Bertz CT molecular complexity index is 1310. The lowest BCUT2D eigenvalue weighted by Crippen LogP contribution is -2.14. The monoisotopic (exact) mass is 527 g/mol. The quantitative estimate of drug-likeness (QED) is 0.241. The van der Waals surface area contributed by atoms with Gasteiger partial charge in [0.05, 0.1) is 27.9 Å². The third-order valence-corrected chi connectivity index (χ3v) is 7.15. The van der Waals surface area contributed by atoms with Gasteiger partial charge in [-0.2, -0.15) is 0 Å². The second-order valence-corrected chi connectivity index (χ2v) is 9.96. The molecule has 2 amide bonds. The molecule has 0 fully saturated rings. The zero-order valence-corrected chi connectivity index (χ0v) is 20.9. The summed E-state index contributed by atoms with van der Waals surface area (Å²) in [6, 6.07) is 22.3. The molecule has 4 aromatic rings. The minimum atomic E-state index is -0.168. The molecule has 3 aromatic carbocycles. The highest BCUT2D eigenvalue weighted by Crippen LogP contribution is 2.30. The van der Waals surface area contributed by atoms with E-state index in [1.807, 2.05) is 66.0 Å². The van der Waals surface area contributed by atoms with Crippen molar-refractivity contribution in [1.82, 2.24) is 4.98 Å². The Kier molecular flexibility index (Phi) is 8.24. The topological polar surface area (TPSA) is 71.1 Å². The third kappa shape index (κ3) is 6.84. The highest BCUT2D eigenvalue weighted by molar-refractivity contribution is 8.00. The smallest absolute Gasteiger partial charge is 0.236 e. The fourth-order valence-corrected chi connectivity index (χ4v) is 4.86. The van der Waals surface area contributed by atoms with Gasteiger partial charge in [-0.3, -0.25) is 9.59 Å². The van der Waals surface area contributed by atoms with Gasteiger partial charge < -0.3 is 10.6 Å². The fourth-order valence-electron chi connectivity index (χ4n) is 3.07. The first-order chi connectivity index (χ1) is 16.5. The SMILES string of the molecule is O=C(Cc1ccccc1)Nc1cccc(SCC(=O)Nc2nc(-c3ccc(Cl)c(Cl)c3)cs2)c1. The van der Waals surface area contributed by atoms with Gasteiger partial charge in [-0.1, -0.05) is 65.7 Å². The number of aromatic nitrogens is 1. The van der Waals surface area contributed by atoms with Crippen LogP contribution in [0.4, 0.5) is 10.8 Å². The number of nitrogens with zero attached hydrogens (tertiary/aromatic N) is 1. The first-order valence-electron chi connectivity index (χ1n) is 10.2. The summed E-state index contributed by atoms with van der Waals surface area (Å²) in [6.45, 7) is 0. The van der Waals surface area contributed by atoms with Gasteiger partial charge in [-0.05, 0) is 35.9 Å². The van der Waals surface area contributed by atoms with Crippen LogP contribution in [0.3, 0.4) is 0 Å². The number of nitrogens with one attached hydrogen (secondary N) is 2. The molecule has 4 rings (SSSR count). The van der Waals surface area contributed by atoms with Crippen LogP contribution in [-0.4, -0.2) is 22.6 Å². The molecule has 0 bridgehead atoms. The number of carbonyl (C=O) groups is 2. The lowest BCUT2D eigenvalue weighted by atomic mass is 10.1. The number of thioether (sulfide) groups is 1. The van der Waals surface area contributed by atoms with Crippen molar-refractivity contribution >= 4 is 68.9 Å². The Morgan fingerprint density at radius 3 is 2.50 bits per heavy atom. The zero-order valence-electron chi connectivity index (χ0n) is 17.8. The second kappa shape index (κ2) is 11.5. The molecule has 0 saturated carbocycles. The maximum Gasteiger partial charge on any atom is 0.236 e. The number of anilines is 2. The lowest BCUT2D eigenvalue weighted by Gasteiger charge is -2.08. The van der Waals surface area contributed by atoms with Crippen molar-refractivity contribution in [2.24, 2.45) is 0 Å². The summed E-state index contributed by atoms with van der Waals surface area (Å²) in [5.74, 6) is -0.0467. The molecular formula is C25H19Cl2N3O2S2. The Balaban J connectivity index is 1.29. The van der Waals surface area contributed by atoms with Gasteiger partial charge in [0.2, 0.25) is 11.8 Å². The highest BCUT2D eigenvalue weighted by Gasteiger charge is 2.11. The van der Waals surface area contributed by atoms with Gasteiger partial charge in [0, 0.05) is 21.5 Å². The first kappa shape index (κ1) is 24.3. The number of benzene rings is 3. The molecule has 2 N–H and O–H groups in total. The van der Waals surface area contributed by atoms with Crippen LogP contribution in [0.1, 0.15) is 5.56 Å². The third-order valence-electron chi connectivity index (χ3n) is 4.66. The molecule has 0 spiro atoms. The van der Waals surface area contributed by atoms with Gasteiger partial charge in [-0.15, -0.1) is 23.1 Å². The van der Waals surface area contributed by atoms with E-state index in [4.69, 9.17) is 23.2 Å². The summed E-state index contributed by atoms with van der Waals surface area (Å²) in [5, 5.41) is 9.01. The van der Waals surface area contributed by atoms with Crippen LogP contribution in [0, 0.1) is 0 Å². The summed E-state index contributed by atoms with van der Waals surface area (Å²) in [6.07, 6.45) is 0.304. The predicted octanol–water partition coefficient (Wildman–Crippen LogP) is 7.03. The van der Waals surface area contributed by atoms with Crippen LogP contribution >= 0.6 is 46.3 Å². The van der Waals surface area contributed by atoms with Crippen molar-refractivity contribution in [2.45, 2.75) is 11.3 Å². The molecule has 0 saturated heterocycles. The second-order valence-electron chi connectivity index (χ2n) is 7.24. The van der Waals surface area contributed by atoms with Gasteiger partial charge in [-0.25, -0.2) is 4.98 Å². The predicted molar refractivity (Wildman–Crippen MR) is 142 cm³/mol. The minimum absolute atomic E-state index is 0.0901. The number of hydrogen-bond donors (Lipinski definition) is 2. The maximum atomic E-state index is 12.4.